The Labute approximate surface area is 188 Å². The van der Waals surface area contributed by atoms with Crippen LogP contribution >= 0.6 is 0 Å². The van der Waals surface area contributed by atoms with Gasteiger partial charge in [0.1, 0.15) is 5.82 Å². The summed E-state index contributed by atoms with van der Waals surface area (Å²) in [6, 6.07) is 4.06. The number of nitrogens with two attached hydrogens (primary N) is 1. The summed E-state index contributed by atoms with van der Waals surface area (Å²) in [6.45, 7) is 9.33. The number of hydrogen-bond donors (Lipinski definition) is 1. The van der Waals surface area contributed by atoms with Crippen LogP contribution in [0.5, 0.6) is 0 Å². The van der Waals surface area contributed by atoms with Gasteiger partial charge >= 0.3 is 0 Å². The number of aromatic nitrogens is 5. The third-order valence-electron chi connectivity index (χ3n) is 6.75. The smallest absolute Gasteiger partial charge is 0.274 e. The molecule has 5 heterocycles. The Kier molecular flexibility index (Phi) is 5.36. The highest BCUT2D eigenvalue weighted by atomic mass is 16.2. The molecule has 0 spiro atoms. The quantitative estimate of drug-likeness (QED) is 0.675. The maximum absolute atomic E-state index is 13.4. The number of carbonyl (C=O) groups excluding carboxylic acids is 1. The molecule has 5 rings (SSSR count). The van der Waals surface area contributed by atoms with Gasteiger partial charge in [-0.15, -0.1) is 0 Å². The van der Waals surface area contributed by atoms with E-state index in [-0.39, 0.29) is 18.0 Å². The van der Waals surface area contributed by atoms with Crippen molar-refractivity contribution in [1.82, 2.24) is 29.3 Å². The van der Waals surface area contributed by atoms with E-state index in [1.165, 1.54) is 0 Å². The number of amides is 1. The van der Waals surface area contributed by atoms with Gasteiger partial charge in [-0.25, -0.2) is 9.50 Å². The molecular weight excluding hydrogens is 404 g/mol. The molecule has 0 unspecified atom stereocenters. The molecule has 2 saturated heterocycles. The number of anilines is 1. The zero-order chi connectivity index (χ0) is 22.4. The fourth-order valence-corrected chi connectivity index (χ4v) is 5.05. The molecule has 3 aromatic rings. The molecule has 2 atom stereocenters. The fraction of sp³-hybridized carbons (Fsp3) is 0.565. The Bertz CT molecular complexity index is 1150. The average Bonchev–Trinajstić information content (AvgIpc) is 3.50. The van der Waals surface area contributed by atoms with Crippen LogP contribution in [0.1, 0.15) is 66.1 Å². The van der Waals surface area contributed by atoms with Gasteiger partial charge in [0, 0.05) is 55.7 Å². The summed E-state index contributed by atoms with van der Waals surface area (Å²) in [4.78, 5) is 22.5. The molecule has 32 heavy (non-hydrogen) atoms. The lowest BCUT2D eigenvalue weighted by Crippen LogP contribution is -2.39. The monoisotopic (exact) mass is 436 g/mol. The fourth-order valence-electron chi connectivity index (χ4n) is 5.05. The molecule has 9 heteroatoms. The van der Waals surface area contributed by atoms with Crippen molar-refractivity contribution in [1.29, 1.82) is 0 Å². The van der Waals surface area contributed by atoms with E-state index in [2.05, 4.69) is 16.9 Å². The number of likely N-dealkylation sites (tertiary alicyclic amines) is 1. The summed E-state index contributed by atoms with van der Waals surface area (Å²) in [5, 5.41) is 9.36. The molecule has 2 aliphatic heterocycles. The van der Waals surface area contributed by atoms with Crippen molar-refractivity contribution in [3.8, 4) is 0 Å². The molecule has 3 aromatic heterocycles. The molecule has 2 N–H and O–H groups in total. The highest BCUT2D eigenvalue weighted by Crippen LogP contribution is 2.32. The maximum atomic E-state index is 13.4. The highest BCUT2D eigenvalue weighted by molar-refractivity contribution is 5.92. The van der Waals surface area contributed by atoms with Crippen LogP contribution in [0, 0.1) is 13.8 Å². The summed E-state index contributed by atoms with van der Waals surface area (Å²) >= 11 is 0. The minimum Gasteiger partial charge on any atom is -0.355 e. The van der Waals surface area contributed by atoms with Crippen LogP contribution in [-0.4, -0.2) is 60.9 Å². The molecule has 0 aromatic carbocycles. The van der Waals surface area contributed by atoms with E-state index < -0.39 is 0 Å². The molecule has 0 aliphatic carbocycles. The van der Waals surface area contributed by atoms with Gasteiger partial charge in [-0.05, 0) is 52.5 Å². The van der Waals surface area contributed by atoms with Gasteiger partial charge in [0.2, 0.25) is 0 Å². The average molecular weight is 437 g/mol. The van der Waals surface area contributed by atoms with Crippen molar-refractivity contribution in [3.05, 3.63) is 41.0 Å². The Balaban J connectivity index is 1.46. The van der Waals surface area contributed by atoms with Crippen molar-refractivity contribution >= 4 is 17.4 Å². The Hall–Kier alpha value is -2.94. The highest BCUT2D eigenvalue weighted by Gasteiger charge is 2.32. The predicted molar refractivity (Wildman–Crippen MR) is 123 cm³/mol. The molecule has 0 saturated carbocycles. The summed E-state index contributed by atoms with van der Waals surface area (Å²) in [7, 11) is 0. The zero-order valence-electron chi connectivity index (χ0n) is 19.2. The van der Waals surface area contributed by atoms with Crippen LogP contribution in [0.3, 0.4) is 0 Å². The van der Waals surface area contributed by atoms with Crippen LogP contribution < -0.4 is 10.6 Å². The van der Waals surface area contributed by atoms with E-state index in [0.717, 1.165) is 80.3 Å². The third kappa shape index (κ3) is 3.64. The summed E-state index contributed by atoms with van der Waals surface area (Å²) < 4.78 is 3.72. The lowest BCUT2D eigenvalue weighted by Gasteiger charge is -2.34. The Morgan fingerprint density at radius 1 is 1.16 bits per heavy atom. The van der Waals surface area contributed by atoms with E-state index in [1.807, 2.05) is 46.3 Å². The lowest BCUT2D eigenvalue weighted by atomic mass is 9.99. The number of nitrogens with zero attached hydrogens (tertiary/aromatic N) is 7. The summed E-state index contributed by atoms with van der Waals surface area (Å²) in [5.74, 6) is 0.965. The Morgan fingerprint density at radius 3 is 2.72 bits per heavy atom. The second kappa shape index (κ2) is 8.20. The van der Waals surface area contributed by atoms with Crippen molar-refractivity contribution < 1.29 is 4.79 Å². The van der Waals surface area contributed by atoms with Gasteiger partial charge in [0.15, 0.2) is 11.3 Å². The van der Waals surface area contributed by atoms with Crippen LogP contribution in [-0.2, 0) is 6.54 Å². The largest absolute Gasteiger partial charge is 0.355 e. The van der Waals surface area contributed by atoms with E-state index in [1.54, 1.807) is 0 Å². The number of carbonyl (C=O) groups is 1. The SMILES string of the molecule is CCn1nc(C(=O)N2CCCC[C@H]2c2cc3nc(N4CC[C@H](N)C4)c(C)cn3n2)cc1C. The number of fused-ring (bicyclic) bond motifs is 1. The van der Waals surface area contributed by atoms with Crippen molar-refractivity contribution in [3.63, 3.8) is 0 Å². The number of piperidine rings is 1. The van der Waals surface area contributed by atoms with Gasteiger partial charge in [0.05, 0.1) is 11.7 Å². The third-order valence-corrected chi connectivity index (χ3v) is 6.75. The lowest BCUT2D eigenvalue weighted by molar-refractivity contribution is 0.0598. The number of rotatable bonds is 4. The first kappa shape index (κ1) is 20.9. The molecule has 2 aliphatic rings. The molecule has 0 radical (unpaired) electrons. The topological polar surface area (TPSA) is 97.6 Å². The molecule has 9 nitrogen and oxygen atoms in total. The maximum Gasteiger partial charge on any atom is 0.274 e. The van der Waals surface area contributed by atoms with Gasteiger partial charge in [-0.2, -0.15) is 10.2 Å². The van der Waals surface area contributed by atoms with Crippen molar-refractivity contribution in [2.24, 2.45) is 5.73 Å². The summed E-state index contributed by atoms with van der Waals surface area (Å²) in [6.07, 6.45) is 6.00. The second-order valence-corrected chi connectivity index (χ2v) is 9.11. The first-order valence-electron chi connectivity index (χ1n) is 11.7. The second-order valence-electron chi connectivity index (χ2n) is 9.11. The standard InChI is InChI=1S/C23H32N8O/c1-4-30-16(3)11-19(27-30)23(32)29-9-6-5-7-20(29)18-12-21-25-22(15(2)13-31(21)26-18)28-10-8-17(24)14-28/h11-13,17,20H,4-10,14,24H2,1-3H3/t17-,20-/m0/s1. The molecule has 0 bridgehead atoms. The van der Waals surface area contributed by atoms with Gasteiger partial charge in [-0.1, -0.05) is 0 Å². The van der Waals surface area contributed by atoms with E-state index in [4.69, 9.17) is 15.8 Å². The molecule has 2 fully saturated rings. The number of hydrogen-bond acceptors (Lipinski definition) is 6. The van der Waals surface area contributed by atoms with Crippen LogP contribution in [0.25, 0.3) is 5.65 Å². The van der Waals surface area contributed by atoms with Crippen LogP contribution in [0.2, 0.25) is 0 Å². The minimum absolute atomic E-state index is 0.0158. The van der Waals surface area contributed by atoms with Gasteiger partial charge in [-0.3, -0.25) is 9.48 Å². The number of aryl methyl sites for hydroxylation is 3. The molecule has 1 amide bonds. The van der Waals surface area contributed by atoms with Gasteiger partial charge < -0.3 is 15.5 Å². The first-order chi connectivity index (χ1) is 15.4. The Morgan fingerprint density at radius 2 is 2.00 bits per heavy atom. The summed E-state index contributed by atoms with van der Waals surface area (Å²) in [5.41, 5.74) is 10.4. The van der Waals surface area contributed by atoms with E-state index >= 15 is 0 Å². The minimum atomic E-state index is -0.0611. The van der Waals surface area contributed by atoms with E-state index in [0.29, 0.717) is 5.69 Å². The van der Waals surface area contributed by atoms with Crippen LogP contribution in [0.15, 0.2) is 18.3 Å². The first-order valence-corrected chi connectivity index (χ1v) is 11.7. The van der Waals surface area contributed by atoms with Crippen molar-refractivity contribution in [2.75, 3.05) is 24.5 Å². The molecular formula is C23H32N8O. The van der Waals surface area contributed by atoms with Gasteiger partial charge in [0.25, 0.3) is 5.91 Å². The zero-order valence-corrected chi connectivity index (χ0v) is 19.2. The van der Waals surface area contributed by atoms with Crippen molar-refractivity contribution in [2.45, 2.75) is 65.1 Å². The van der Waals surface area contributed by atoms with Crippen LogP contribution in [0.4, 0.5) is 5.82 Å². The van der Waals surface area contributed by atoms with E-state index in [9.17, 15) is 4.79 Å². The molecule has 170 valence electrons. The predicted octanol–water partition coefficient (Wildman–Crippen LogP) is 2.47. The normalized spacial score (nSPS) is 21.6.